The molecule has 0 radical (unpaired) electrons. The second kappa shape index (κ2) is 7.98. The van der Waals surface area contributed by atoms with E-state index >= 15 is 0 Å². The van der Waals surface area contributed by atoms with Crippen molar-refractivity contribution in [2.75, 3.05) is 32.8 Å². The van der Waals surface area contributed by atoms with E-state index in [9.17, 15) is 18.0 Å². The number of benzene rings is 1. The van der Waals surface area contributed by atoms with E-state index in [0.717, 1.165) is 17.1 Å². The maximum Gasteiger partial charge on any atom is 0.269 e. The lowest BCUT2D eigenvalue weighted by molar-refractivity contribution is 0.0701. The van der Waals surface area contributed by atoms with Gasteiger partial charge >= 0.3 is 0 Å². The lowest BCUT2D eigenvalue weighted by atomic mass is 10.1. The topological polar surface area (TPSA) is 96.0 Å². The Kier molecular flexibility index (Phi) is 6.00. The highest BCUT2D eigenvalue weighted by atomic mass is 35.5. The smallest absolute Gasteiger partial charge is 0.269 e. The molecule has 2 fully saturated rings. The first-order valence-electron chi connectivity index (χ1n) is 9.23. The summed E-state index contributed by atoms with van der Waals surface area (Å²) in [5.74, 6) is -0.762. The van der Waals surface area contributed by atoms with Gasteiger partial charge in [-0.2, -0.15) is 0 Å². The van der Waals surface area contributed by atoms with E-state index in [-0.39, 0.29) is 53.0 Å². The van der Waals surface area contributed by atoms with Gasteiger partial charge < -0.3 is 15.0 Å². The first-order chi connectivity index (χ1) is 12.9. The molecular formula is C18H24ClN3O5S. The van der Waals surface area contributed by atoms with Gasteiger partial charge in [0, 0.05) is 37.8 Å². The summed E-state index contributed by atoms with van der Waals surface area (Å²) in [6.45, 7) is 4.43. The molecule has 3 heterocycles. The lowest BCUT2D eigenvalue weighted by Gasteiger charge is -2.32. The molecule has 2 unspecified atom stereocenters. The van der Waals surface area contributed by atoms with Crippen LogP contribution in [0.2, 0.25) is 0 Å². The van der Waals surface area contributed by atoms with Gasteiger partial charge in [-0.25, -0.2) is 12.7 Å². The third kappa shape index (κ3) is 3.63. The predicted molar refractivity (Wildman–Crippen MR) is 104 cm³/mol. The summed E-state index contributed by atoms with van der Waals surface area (Å²) in [5, 5.41) is 3.27. The van der Waals surface area contributed by atoms with Crippen molar-refractivity contribution in [3.05, 3.63) is 29.3 Å². The fraction of sp³-hybridized carbons (Fsp3) is 0.556. The van der Waals surface area contributed by atoms with Crippen molar-refractivity contribution in [3.8, 4) is 0 Å². The highest BCUT2D eigenvalue weighted by Crippen LogP contribution is 2.32. The number of piperazine rings is 1. The fourth-order valence-corrected chi connectivity index (χ4v) is 5.49. The number of amides is 2. The Morgan fingerprint density at radius 2 is 2.14 bits per heavy atom. The maximum atomic E-state index is 12.9. The molecule has 1 aromatic carbocycles. The van der Waals surface area contributed by atoms with Gasteiger partial charge in [-0.15, -0.1) is 12.4 Å². The molecule has 10 heteroatoms. The minimum absolute atomic E-state index is 0. The van der Waals surface area contributed by atoms with Gasteiger partial charge in [0.25, 0.3) is 21.8 Å². The summed E-state index contributed by atoms with van der Waals surface area (Å²) in [6, 6.07) is 4.51. The van der Waals surface area contributed by atoms with E-state index < -0.39 is 15.9 Å². The van der Waals surface area contributed by atoms with Crippen LogP contribution in [0, 0.1) is 0 Å². The summed E-state index contributed by atoms with van der Waals surface area (Å²) in [4.78, 5) is 27.0. The second-order valence-corrected chi connectivity index (χ2v) is 9.12. The van der Waals surface area contributed by atoms with Gasteiger partial charge in [0.15, 0.2) is 0 Å². The molecule has 0 spiro atoms. The first-order valence-corrected chi connectivity index (χ1v) is 10.7. The number of carbonyl (C=O) groups excluding carboxylic acids is 2. The molecule has 0 aromatic heterocycles. The number of nitrogens with one attached hydrogen (secondary N) is 1. The van der Waals surface area contributed by atoms with Crippen LogP contribution in [-0.4, -0.2) is 74.4 Å². The molecule has 3 aliphatic rings. The molecule has 0 saturated carbocycles. The zero-order valence-electron chi connectivity index (χ0n) is 15.6. The molecule has 2 atom stereocenters. The van der Waals surface area contributed by atoms with Crippen molar-refractivity contribution < 1.29 is 22.7 Å². The summed E-state index contributed by atoms with van der Waals surface area (Å²) in [5.41, 5.74) is 0.413. The largest absolute Gasteiger partial charge is 0.376 e. The number of hydrogen-bond donors (Lipinski definition) is 1. The molecule has 8 nitrogen and oxygen atoms in total. The fourth-order valence-electron chi connectivity index (χ4n) is 3.86. The molecule has 28 heavy (non-hydrogen) atoms. The van der Waals surface area contributed by atoms with Gasteiger partial charge in [-0.05, 0) is 38.0 Å². The molecule has 1 N–H and O–H groups in total. The number of ether oxygens (including phenoxy) is 1. The summed E-state index contributed by atoms with van der Waals surface area (Å²) in [6.07, 6.45) is 1.34. The molecule has 1 aromatic rings. The monoisotopic (exact) mass is 429 g/mol. The Hall–Kier alpha value is -1.68. The Bertz CT molecular complexity index is 885. The van der Waals surface area contributed by atoms with Crippen LogP contribution < -0.4 is 5.32 Å². The molecule has 2 saturated heterocycles. The van der Waals surface area contributed by atoms with Crippen molar-refractivity contribution in [3.63, 3.8) is 0 Å². The van der Waals surface area contributed by atoms with E-state index in [2.05, 4.69) is 5.32 Å². The zero-order chi connectivity index (χ0) is 19.2. The molecular weight excluding hydrogens is 406 g/mol. The molecule has 0 bridgehead atoms. The number of carbonyl (C=O) groups is 2. The number of fused-ring (bicyclic) bond motifs is 1. The van der Waals surface area contributed by atoms with Gasteiger partial charge in [-0.3, -0.25) is 9.59 Å². The quantitative estimate of drug-likeness (QED) is 0.765. The average molecular weight is 430 g/mol. The van der Waals surface area contributed by atoms with Crippen LogP contribution in [0.15, 0.2) is 23.1 Å². The molecule has 0 aliphatic carbocycles. The van der Waals surface area contributed by atoms with Gasteiger partial charge in [-0.1, -0.05) is 0 Å². The van der Waals surface area contributed by atoms with Crippen molar-refractivity contribution in [2.45, 2.75) is 36.8 Å². The van der Waals surface area contributed by atoms with Crippen LogP contribution in [-0.2, 0) is 14.8 Å². The standard InChI is InChI=1S/C18H23N3O5S.ClH/c1-12-10-20(7-6-19-12)17(22)13-4-5-15-16(9-13)27(24,25)21(18(15)23)11-14-3-2-8-26-14;/h4-5,9,12,14,19H,2-3,6-8,10-11H2,1H3;1H. The number of sulfonamides is 1. The molecule has 154 valence electrons. The number of rotatable bonds is 3. The maximum absolute atomic E-state index is 12.9. The Morgan fingerprint density at radius 1 is 1.36 bits per heavy atom. The highest BCUT2D eigenvalue weighted by molar-refractivity contribution is 7.90. The normalized spacial score (nSPS) is 26.1. The van der Waals surface area contributed by atoms with Crippen LogP contribution in [0.3, 0.4) is 0 Å². The van der Waals surface area contributed by atoms with E-state index in [4.69, 9.17) is 4.74 Å². The van der Waals surface area contributed by atoms with E-state index in [1.807, 2.05) is 6.92 Å². The van der Waals surface area contributed by atoms with Crippen LogP contribution in [0.1, 0.15) is 40.5 Å². The van der Waals surface area contributed by atoms with Crippen molar-refractivity contribution >= 4 is 34.2 Å². The molecule has 3 aliphatic heterocycles. The van der Waals surface area contributed by atoms with Crippen molar-refractivity contribution in [1.29, 1.82) is 0 Å². The van der Waals surface area contributed by atoms with Gasteiger partial charge in [0.05, 0.1) is 18.2 Å². The van der Waals surface area contributed by atoms with Crippen LogP contribution in [0.5, 0.6) is 0 Å². The number of halogens is 1. The van der Waals surface area contributed by atoms with Crippen molar-refractivity contribution in [1.82, 2.24) is 14.5 Å². The summed E-state index contributed by atoms with van der Waals surface area (Å²) >= 11 is 0. The van der Waals surface area contributed by atoms with E-state index in [1.165, 1.54) is 18.2 Å². The van der Waals surface area contributed by atoms with Crippen LogP contribution in [0.4, 0.5) is 0 Å². The van der Waals surface area contributed by atoms with E-state index in [1.54, 1.807) is 4.90 Å². The third-order valence-electron chi connectivity index (χ3n) is 5.30. The van der Waals surface area contributed by atoms with Crippen molar-refractivity contribution in [2.24, 2.45) is 0 Å². The minimum Gasteiger partial charge on any atom is -0.376 e. The summed E-state index contributed by atoms with van der Waals surface area (Å²) < 4.78 is 32.2. The second-order valence-electron chi connectivity index (χ2n) is 7.29. The molecule has 2 amide bonds. The Labute approximate surface area is 170 Å². The Balaban J connectivity index is 0.00000225. The molecule has 4 rings (SSSR count). The zero-order valence-corrected chi connectivity index (χ0v) is 17.2. The first kappa shape index (κ1) is 21.0. The average Bonchev–Trinajstić information content (AvgIpc) is 3.23. The Morgan fingerprint density at radius 3 is 2.82 bits per heavy atom. The third-order valence-corrected chi connectivity index (χ3v) is 7.09. The van der Waals surface area contributed by atoms with Gasteiger partial charge in [0.1, 0.15) is 4.90 Å². The van der Waals surface area contributed by atoms with Crippen LogP contribution in [0.25, 0.3) is 0 Å². The predicted octanol–water partition coefficient (Wildman–Crippen LogP) is 0.866. The summed E-state index contributed by atoms with van der Waals surface area (Å²) in [7, 11) is -3.96. The number of nitrogens with zero attached hydrogens (tertiary/aromatic N) is 2. The van der Waals surface area contributed by atoms with E-state index in [0.29, 0.717) is 26.2 Å². The van der Waals surface area contributed by atoms with Gasteiger partial charge in [0.2, 0.25) is 0 Å². The lowest BCUT2D eigenvalue weighted by Crippen LogP contribution is -2.51. The minimum atomic E-state index is -3.96. The number of hydrogen-bond acceptors (Lipinski definition) is 6. The van der Waals surface area contributed by atoms with Crippen LogP contribution >= 0.6 is 12.4 Å². The highest BCUT2D eigenvalue weighted by Gasteiger charge is 2.43. The SMILES string of the molecule is CC1CN(C(=O)c2ccc3c(c2)S(=O)(=O)N(CC2CCCO2)C3=O)CCN1.Cl.